The lowest BCUT2D eigenvalue weighted by Crippen LogP contribution is -2.02. The number of hydrogen-bond donors (Lipinski definition) is 2. The Balaban J connectivity index is 2.06. The molecule has 0 aliphatic rings. The number of pyridine rings is 1. The monoisotopic (exact) mass is 243 g/mol. The van der Waals surface area contributed by atoms with Crippen LogP contribution < -0.4 is 15.8 Å². The van der Waals surface area contributed by atoms with E-state index in [1.807, 2.05) is 37.3 Å². The van der Waals surface area contributed by atoms with Crippen LogP contribution in [0, 0.1) is 6.92 Å². The van der Waals surface area contributed by atoms with Crippen LogP contribution >= 0.6 is 0 Å². The van der Waals surface area contributed by atoms with Crippen molar-refractivity contribution in [2.45, 2.75) is 13.5 Å². The highest BCUT2D eigenvalue weighted by molar-refractivity contribution is 5.57. The van der Waals surface area contributed by atoms with Crippen molar-refractivity contribution < 1.29 is 4.74 Å². The van der Waals surface area contributed by atoms with Crippen LogP contribution in [0.15, 0.2) is 36.5 Å². The van der Waals surface area contributed by atoms with Crippen molar-refractivity contribution in [3.05, 3.63) is 47.7 Å². The first-order chi connectivity index (χ1) is 8.69. The summed E-state index contributed by atoms with van der Waals surface area (Å²) in [5.41, 5.74) is 9.84. The molecule has 18 heavy (non-hydrogen) atoms. The van der Waals surface area contributed by atoms with E-state index in [4.69, 9.17) is 10.5 Å². The van der Waals surface area contributed by atoms with Gasteiger partial charge in [0.15, 0.2) is 0 Å². The number of nitrogens with one attached hydrogen (secondary N) is 1. The van der Waals surface area contributed by atoms with Crippen molar-refractivity contribution >= 4 is 11.4 Å². The lowest BCUT2D eigenvalue weighted by Gasteiger charge is -2.10. The lowest BCUT2D eigenvalue weighted by atomic mass is 10.1. The predicted molar refractivity (Wildman–Crippen MR) is 73.7 cm³/mol. The van der Waals surface area contributed by atoms with Gasteiger partial charge in [0, 0.05) is 30.2 Å². The molecule has 2 aromatic rings. The van der Waals surface area contributed by atoms with Crippen molar-refractivity contribution in [3.63, 3.8) is 0 Å². The van der Waals surface area contributed by atoms with Crippen molar-refractivity contribution in [2.24, 2.45) is 0 Å². The normalized spacial score (nSPS) is 10.1. The summed E-state index contributed by atoms with van der Waals surface area (Å²) in [5, 5.41) is 3.37. The van der Waals surface area contributed by atoms with Crippen LogP contribution in [-0.2, 0) is 6.54 Å². The highest BCUT2D eigenvalue weighted by atomic mass is 16.5. The van der Waals surface area contributed by atoms with Gasteiger partial charge in [0.2, 0.25) is 5.88 Å². The predicted octanol–water partition coefficient (Wildman–Crippen LogP) is 2.59. The zero-order valence-electron chi connectivity index (χ0n) is 10.6. The summed E-state index contributed by atoms with van der Waals surface area (Å²) in [7, 11) is 1.61. The summed E-state index contributed by atoms with van der Waals surface area (Å²) in [6, 6.07) is 9.71. The first-order valence-electron chi connectivity index (χ1n) is 5.78. The Morgan fingerprint density at radius 3 is 2.83 bits per heavy atom. The number of ether oxygens (including phenoxy) is 1. The number of nitrogen functional groups attached to an aromatic ring is 1. The minimum absolute atomic E-state index is 0.628. The van der Waals surface area contributed by atoms with Gasteiger partial charge >= 0.3 is 0 Å². The minimum Gasteiger partial charge on any atom is -0.481 e. The van der Waals surface area contributed by atoms with Gasteiger partial charge in [-0.2, -0.15) is 0 Å². The van der Waals surface area contributed by atoms with Gasteiger partial charge in [0.1, 0.15) is 0 Å². The van der Waals surface area contributed by atoms with E-state index < -0.39 is 0 Å². The molecule has 0 aliphatic heterocycles. The third-order valence-corrected chi connectivity index (χ3v) is 2.74. The van der Waals surface area contributed by atoms with Crippen LogP contribution in [-0.4, -0.2) is 12.1 Å². The fourth-order valence-electron chi connectivity index (χ4n) is 1.75. The Kier molecular flexibility index (Phi) is 3.67. The average molecular weight is 243 g/mol. The summed E-state index contributed by atoms with van der Waals surface area (Å²) < 4.78 is 5.09. The maximum atomic E-state index is 5.72. The second kappa shape index (κ2) is 5.40. The number of rotatable bonds is 4. The number of aromatic nitrogens is 1. The number of anilines is 2. The van der Waals surface area contributed by atoms with Crippen molar-refractivity contribution in [1.82, 2.24) is 4.98 Å². The Hall–Kier alpha value is -2.23. The standard InChI is InChI=1S/C14H17N3O/c1-10-7-12(15)3-4-13(10)17-9-11-5-6-16-14(8-11)18-2/h3-8,17H,9,15H2,1-2H3. The number of benzene rings is 1. The quantitative estimate of drug-likeness (QED) is 0.810. The summed E-state index contributed by atoms with van der Waals surface area (Å²) in [5.74, 6) is 0.628. The van der Waals surface area contributed by atoms with Crippen LogP contribution in [0.3, 0.4) is 0 Å². The molecule has 94 valence electrons. The highest BCUT2D eigenvalue weighted by Crippen LogP contribution is 2.19. The number of hydrogen-bond acceptors (Lipinski definition) is 4. The Morgan fingerprint density at radius 2 is 2.11 bits per heavy atom. The number of nitrogens with two attached hydrogens (primary N) is 1. The molecule has 0 amide bonds. The molecule has 1 aromatic carbocycles. The minimum atomic E-state index is 0.628. The molecule has 1 aromatic heterocycles. The molecule has 0 spiro atoms. The molecule has 1 heterocycles. The zero-order valence-corrected chi connectivity index (χ0v) is 10.6. The fourth-order valence-corrected chi connectivity index (χ4v) is 1.75. The topological polar surface area (TPSA) is 60.2 Å². The first-order valence-corrected chi connectivity index (χ1v) is 5.78. The molecule has 0 atom stereocenters. The van der Waals surface area contributed by atoms with Gasteiger partial charge in [-0.25, -0.2) is 4.98 Å². The van der Waals surface area contributed by atoms with Gasteiger partial charge in [-0.3, -0.25) is 0 Å². The Bertz CT molecular complexity index is 540. The van der Waals surface area contributed by atoms with Crippen LogP contribution in [0.25, 0.3) is 0 Å². The van der Waals surface area contributed by atoms with E-state index in [1.54, 1.807) is 13.3 Å². The van der Waals surface area contributed by atoms with E-state index in [0.717, 1.165) is 29.0 Å². The van der Waals surface area contributed by atoms with Gasteiger partial charge in [-0.05, 0) is 42.3 Å². The molecule has 4 nitrogen and oxygen atoms in total. The Labute approximate surface area is 107 Å². The van der Waals surface area contributed by atoms with Crippen LogP contribution in [0.2, 0.25) is 0 Å². The molecule has 4 heteroatoms. The Morgan fingerprint density at radius 1 is 1.28 bits per heavy atom. The maximum absolute atomic E-state index is 5.72. The van der Waals surface area contributed by atoms with Gasteiger partial charge in [0.25, 0.3) is 0 Å². The highest BCUT2D eigenvalue weighted by Gasteiger charge is 2.00. The number of aryl methyl sites for hydroxylation is 1. The van der Waals surface area contributed by atoms with Gasteiger partial charge in [-0.1, -0.05) is 0 Å². The van der Waals surface area contributed by atoms with E-state index in [-0.39, 0.29) is 0 Å². The largest absolute Gasteiger partial charge is 0.481 e. The van der Waals surface area contributed by atoms with Crippen molar-refractivity contribution in [2.75, 3.05) is 18.2 Å². The SMILES string of the molecule is COc1cc(CNc2ccc(N)cc2C)ccn1. The molecule has 0 saturated carbocycles. The third-order valence-electron chi connectivity index (χ3n) is 2.74. The van der Waals surface area contributed by atoms with Crippen LogP contribution in [0.1, 0.15) is 11.1 Å². The summed E-state index contributed by atoms with van der Waals surface area (Å²) in [6.07, 6.45) is 1.74. The molecule has 0 radical (unpaired) electrons. The smallest absolute Gasteiger partial charge is 0.213 e. The average Bonchev–Trinajstić information content (AvgIpc) is 2.38. The van der Waals surface area contributed by atoms with Gasteiger partial charge in [-0.15, -0.1) is 0 Å². The molecule has 0 bridgehead atoms. The molecule has 2 rings (SSSR count). The van der Waals surface area contributed by atoms with Crippen LogP contribution in [0.5, 0.6) is 5.88 Å². The van der Waals surface area contributed by atoms with Gasteiger partial charge in [0.05, 0.1) is 7.11 Å². The van der Waals surface area contributed by atoms with E-state index in [0.29, 0.717) is 5.88 Å². The molecule has 3 N–H and O–H groups in total. The van der Waals surface area contributed by atoms with Gasteiger partial charge < -0.3 is 15.8 Å². The molecule has 0 fully saturated rings. The molecule has 0 unspecified atom stereocenters. The first kappa shape index (κ1) is 12.2. The molecule has 0 aliphatic carbocycles. The van der Waals surface area contributed by atoms with Crippen LogP contribution in [0.4, 0.5) is 11.4 Å². The van der Waals surface area contributed by atoms with Crippen molar-refractivity contribution in [3.8, 4) is 5.88 Å². The molecular weight excluding hydrogens is 226 g/mol. The fraction of sp³-hybridized carbons (Fsp3) is 0.214. The molecular formula is C14H17N3O. The summed E-state index contributed by atoms with van der Waals surface area (Å²) >= 11 is 0. The lowest BCUT2D eigenvalue weighted by molar-refractivity contribution is 0.397. The van der Waals surface area contributed by atoms with E-state index >= 15 is 0 Å². The zero-order chi connectivity index (χ0) is 13.0. The third kappa shape index (κ3) is 2.91. The summed E-state index contributed by atoms with van der Waals surface area (Å²) in [4.78, 5) is 4.08. The molecule has 0 saturated heterocycles. The maximum Gasteiger partial charge on any atom is 0.213 e. The van der Waals surface area contributed by atoms with Crippen molar-refractivity contribution in [1.29, 1.82) is 0 Å². The second-order valence-electron chi connectivity index (χ2n) is 4.13. The number of nitrogens with zero attached hydrogens (tertiary/aromatic N) is 1. The summed E-state index contributed by atoms with van der Waals surface area (Å²) in [6.45, 7) is 2.76. The van der Waals surface area contributed by atoms with E-state index in [2.05, 4.69) is 10.3 Å². The van der Waals surface area contributed by atoms with E-state index in [9.17, 15) is 0 Å². The number of methoxy groups -OCH3 is 1. The van der Waals surface area contributed by atoms with E-state index in [1.165, 1.54) is 0 Å². The second-order valence-corrected chi connectivity index (χ2v) is 4.13.